The van der Waals surface area contributed by atoms with Crippen molar-refractivity contribution in [2.24, 2.45) is 0 Å². The summed E-state index contributed by atoms with van der Waals surface area (Å²) in [6.07, 6.45) is 1.53. The van der Waals surface area contributed by atoms with Crippen LogP contribution < -0.4 is 21.1 Å². The first-order chi connectivity index (χ1) is 15.3. The minimum atomic E-state index is -0.483. The number of hydrogen-bond acceptors (Lipinski definition) is 4. The second-order valence-electron chi connectivity index (χ2n) is 7.20. The molecule has 1 heterocycles. The van der Waals surface area contributed by atoms with Crippen LogP contribution in [-0.2, 0) is 16.1 Å². The van der Waals surface area contributed by atoms with Crippen molar-refractivity contribution in [2.45, 2.75) is 26.4 Å². The predicted octanol–water partition coefficient (Wildman–Crippen LogP) is 2.89. The monoisotopic (exact) mass is 455 g/mol. The first-order valence-corrected chi connectivity index (χ1v) is 10.7. The van der Waals surface area contributed by atoms with Gasteiger partial charge in [0.1, 0.15) is 12.2 Å². The molecule has 0 aliphatic rings. The normalized spacial score (nSPS) is 11.8. The Morgan fingerprint density at radius 1 is 1.12 bits per heavy atom. The molecule has 2 aromatic carbocycles. The summed E-state index contributed by atoms with van der Waals surface area (Å²) in [6, 6.07) is 15.7. The molecule has 2 N–H and O–H groups in total. The Bertz CT molecular complexity index is 1160. The zero-order chi connectivity index (χ0) is 23.3. The summed E-state index contributed by atoms with van der Waals surface area (Å²) in [6.45, 7) is 3.73. The molecule has 8 nitrogen and oxygen atoms in total. The highest BCUT2D eigenvalue weighted by Crippen LogP contribution is 2.20. The Hall–Kier alpha value is -3.36. The van der Waals surface area contributed by atoms with Gasteiger partial charge >= 0.3 is 0 Å². The van der Waals surface area contributed by atoms with Crippen LogP contribution in [0.4, 0.5) is 11.4 Å². The van der Waals surface area contributed by atoms with Crippen molar-refractivity contribution in [2.75, 3.05) is 23.8 Å². The summed E-state index contributed by atoms with van der Waals surface area (Å²) >= 11 is 6.09. The first kappa shape index (κ1) is 23.3. The number of anilines is 2. The third-order valence-electron chi connectivity index (χ3n) is 5.10. The number of rotatable bonds is 8. The second kappa shape index (κ2) is 10.3. The van der Waals surface area contributed by atoms with Crippen molar-refractivity contribution >= 4 is 34.8 Å². The number of nitrogens with one attached hydrogen (secondary N) is 2. The molecule has 9 heteroatoms. The molecule has 0 saturated carbocycles. The van der Waals surface area contributed by atoms with Crippen molar-refractivity contribution in [1.29, 1.82) is 0 Å². The van der Waals surface area contributed by atoms with Crippen molar-refractivity contribution in [3.05, 3.63) is 76.2 Å². The van der Waals surface area contributed by atoms with E-state index in [-0.39, 0.29) is 24.0 Å². The van der Waals surface area contributed by atoms with Crippen LogP contribution in [0.1, 0.15) is 13.8 Å². The van der Waals surface area contributed by atoms with Crippen molar-refractivity contribution in [1.82, 2.24) is 14.7 Å². The molecule has 2 amide bonds. The van der Waals surface area contributed by atoms with E-state index < -0.39 is 11.6 Å². The van der Waals surface area contributed by atoms with E-state index in [1.165, 1.54) is 10.9 Å². The van der Waals surface area contributed by atoms with Crippen LogP contribution >= 0.6 is 11.6 Å². The van der Waals surface area contributed by atoms with Crippen LogP contribution in [0.3, 0.4) is 0 Å². The number of amides is 2. The molecule has 0 aliphatic carbocycles. The highest BCUT2D eigenvalue weighted by atomic mass is 35.5. The third kappa shape index (κ3) is 5.09. The lowest BCUT2D eigenvalue weighted by Crippen LogP contribution is -2.39. The number of benzene rings is 2. The molecule has 0 radical (unpaired) electrons. The number of halogens is 1. The van der Waals surface area contributed by atoms with Gasteiger partial charge in [0.15, 0.2) is 0 Å². The fraction of sp³-hybridized carbons (Fsp3) is 0.261. The van der Waals surface area contributed by atoms with Gasteiger partial charge in [0.05, 0.1) is 17.9 Å². The van der Waals surface area contributed by atoms with Crippen LogP contribution in [0.25, 0.3) is 5.69 Å². The Morgan fingerprint density at radius 3 is 2.47 bits per heavy atom. The molecular formula is C23H26ClN5O3. The quantitative estimate of drug-likeness (QED) is 0.546. The number of likely N-dealkylation sites (N-methyl/N-ethyl adjacent to an activating group) is 2. The molecule has 0 spiro atoms. The molecule has 0 saturated heterocycles. The van der Waals surface area contributed by atoms with Crippen molar-refractivity contribution in [3.63, 3.8) is 0 Å². The summed E-state index contributed by atoms with van der Waals surface area (Å²) in [4.78, 5) is 40.2. The number of carbonyl (C=O) groups excluding carboxylic acids is 2. The Kier molecular flexibility index (Phi) is 7.50. The van der Waals surface area contributed by atoms with E-state index in [4.69, 9.17) is 11.6 Å². The number of para-hydroxylation sites is 1. The lowest BCUT2D eigenvalue weighted by molar-refractivity contribution is -0.119. The van der Waals surface area contributed by atoms with Gasteiger partial charge in [-0.15, -0.1) is 0 Å². The topological polar surface area (TPSA) is 88.4 Å². The molecule has 1 unspecified atom stereocenters. The highest BCUT2D eigenvalue weighted by Gasteiger charge is 2.21. The van der Waals surface area contributed by atoms with Crippen LogP contribution in [0.15, 0.2) is 65.6 Å². The Labute approximate surface area is 191 Å². The molecule has 3 aromatic rings. The van der Waals surface area contributed by atoms with E-state index in [9.17, 15) is 14.4 Å². The largest absolute Gasteiger partial charge is 0.319 e. The van der Waals surface area contributed by atoms with Gasteiger partial charge in [-0.1, -0.05) is 35.9 Å². The van der Waals surface area contributed by atoms with Gasteiger partial charge in [0.2, 0.25) is 11.8 Å². The van der Waals surface area contributed by atoms with Gasteiger partial charge in [-0.2, -0.15) is 0 Å². The molecule has 32 heavy (non-hydrogen) atoms. The lowest BCUT2D eigenvalue weighted by Gasteiger charge is -2.22. The summed E-state index contributed by atoms with van der Waals surface area (Å²) in [5.41, 5.74) is 0.957. The molecule has 1 aromatic heterocycles. The van der Waals surface area contributed by atoms with Gasteiger partial charge in [0.25, 0.3) is 5.56 Å². The smallest absolute Gasteiger partial charge is 0.291 e. The van der Waals surface area contributed by atoms with Gasteiger partial charge in [0, 0.05) is 17.3 Å². The van der Waals surface area contributed by atoms with Gasteiger partial charge < -0.3 is 15.5 Å². The predicted molar refractivity (Wildman–Crippen MR) is 127 cm³/mol. The standard InChI is InChI=1S/C23H26ClN5O3/c1-4-27(19-12-8-9-17(24)13-19)21(30)15-29-23(32)20(26-22(31)16(2)25-3)14-28(29)18-10-6-5-7-11-18/h5-14,16,25H,4,15H2,1-3H3,(H,26,31). The summed E-state index contributed by atoms with van der Waals surface area (Å²) in [7, 11) is 1.66. The summed E-state index contributed by atoms with van der Waals surface area (Å²) in [5.74, 6) is -0.629. The minimum Gasteiger partial charge on any atom is -0.319 e. The van der Waals surface area contributed by atoms with Gasteiger partial charge in [-0.3, -0.25) is 19.1 Å². The highest BCUT2D eigenvalue weighted by molar-refractivity contribution is 6.30. The van der Waals surface area contributed by atoms with E-state index in [0.717, 1.165) is 0 Å². The zero-order valence-electron chi connectivity index (χ0n) is 18.2. The van der Waals surface area contributed by atoms with E-state index in [1.807, 2.05) is 37.3 Å². The lowest BCUT2D eigenvalue weighted by atomic mass is 10.3. The fourth-order valence-corrected chi connectivity index (χ4v) is 3.43. The molecule has 3 rings (SSSR count). The van der Waals surface area contributed by atoms with Crippen molar-refractivity contribution in [3.8, 4) is 5.69 Å². The molecule has 168 valence electrons. The first-order valence-electron chi connectivity index (χ1n) is 10.3. The second-order valence-corrected chi connectivity index (χ2v) is 7.64. The molecular weight excluding hydrogens is 430 g/mol. The maximum absolute atomic E-state index is 13.2. The van der Waals surface area contributed by atoms with Gasteiger partial charge in [-0.05, 0) is 51.2 Å². The third-order valence-corrected chi connectivity index (χ3v) is 5.34. The maximum atomic E-state index is 13.2. The van der Waals surface area contributed by atoms with Crippen LogP contribution in [0.2, 0.25) is 5.02 Å². The minimum absolute atomic E-state index is 0.0968. The van der Waals surface area contributed by atoms with Gasteiger partial charge in [-0.25, -0.2) is 4.68 Å². The van der Waals surface area contributed by atoms with Crippen molar-refractivity contribution < 1.29 is 9.59 Å². The molecule has 0 fully saturated rings. The molecule has 0 bridgehead atoms. The van der Waals surface area contributed by atoms with E-state index in [0.29, 0.717) is 22.9 Å². The Morgan fingerprint density at radius 2 is 1.84 bits per heavy atom. The summed E-state index contributed by atoms with van der Waals surface area (Å²) in [5, 5.41) is 6.00. The maximum Gasteiger partial charge on any atom is 0.291 e. The van der Waals surface area contributed by atoms with Crippen LogP contribution in [-0.4, -0.2) is 40.8 Å². The number of nitrogens with zero attached hydrogens (tertiary/aromatic N) is 3. The molecule has 1 atom stereocenters. The number of carbonyl (C=O) groups is 2. The average molecular weight is 456 g/mol. The number of aromatic nitrogens is 2. The Balaban J connectivity index is 1.99. The fourth-order valence-electron chi connectivity index (χ4n) is 3.24. The average Bonchev–Trinajstić information content (AvgIpc) is 3.09. The van der Waals surface area contributed by atoms with Crippen LogP contribution in [0, 0.1) is 0 Å². The van der Waals surface area contributed by atoms with E-state index in [2.05, 4.69) is 10.6 Å². The SMILES string of the molecule is CCN(C(=O)Cn1c(=O)c(NC(=O)C(C)NC)cn1-c1ccccc1)c1cccc(Cl)c1. The van der Waals surface area contributed by atoms with Crippen LogP contribution in [0.5, 0.6) is 0 Å². The molecule has 0 aliphatic heterocycles. The van der Waals surface area contributed by atoms with E-state index >= 15 is 0 Å². The van der Waals surface area contributed by atoms with E-state index in [1.54, 1.807) is 47.8 Å². The summed E-state index contributed by atoms with van der Waals surface area (Å²) < 4.78 is 2.89. The number of hydrogen-bond donors (Lipinski definition) is 2. The zero-order valence-corrected chi connectivity index (χ0v) is 19.0.